The molecular formula is C20H24N6O. The number of nitrogens with zero attached hydrogens (tertiary/aromatic N) is 6. The van der Waals surface area contributed by atoms with E-state index in [0.29, 0.717) is 17.9 Å². The number of amides is 1. The van der Waals surface area contributed by atoms with Gasteiger partial charge < -0.3 is 9.80 Å². The molecule has 140 valence electrons. The summed E-state index contributed by atoms with van der Waals surface area (Å²) in [6.07, 6.45) is 1.75. The van der Waals surface area contributed by atoms with Gasteiger partial charge in [0.15, 0.2) is 5.82 Å². The van der Waals surface area contributed by atoms with Crippen LogP contribution in [0.25, 0.3) is 11.4 Å². The zero-order valence-electron chi connectivity index (χ0n) is 16.3. The van der Waals surface area contributed by atoms with Gasteiger partial charge in [-0.2, -0.15) is 4.98 Å². The Bertz CT molecular complexity index is 963. The van der Waals surface area contributed by atoms with Crippen molar-refractivity contribution in [2.24, 2.45) is 7.05 Å². The van der Waals surface area contributed by atoms with Crippen molar-refractivity contribution in [2.45, 2.75) is 13.5 Å². The summed E-state index contributed by atoms with van der Waals surface area (Å²) >= 11 is 0. The number of anilines is 1. The number of aromatic nitrogens is 4. The Hall–Kier alpha value is -3.22. The van der Waals surface area contributed by atoms with Gasteiger partial charge in [-0.3, -0.25) is 9.78 Å². The zero-order valence-corrected chi connectivity index (χ0v) is 16.3. The molecule has 0 saturated carbocycles. The van der Waals surface area contributed by atoms with Gasteiger partial charge in [0.25, 0.3) is 5.91 Å². The van der Waals surface area contributed by atoms with Crippen LogP contribution in [0.3, 0.4) is 0 Å². The van der Waals surface area contributed by atoms with Crippen LogP contribution in [0.2, 0.25) is 0 Å². The highest BCUT2D eigenvalue weighted by Crippen LogP contribution is 2.20. The van der Waals surface area contributed by atoms with E-state index in [-0.39, 0.29) is 5.91 Å². The van der Waals surface area contributed by atoms with E-state index in [0.717, 1.165) is 22.8 Å². The average molecular weight is 364 g/mol. The van der Waals surface area contributed by atoms with Crippen LogP contribution in [0.4, 0.5) is 5.95 Å². The second kappa shape index (κ2) is 7.57. The molecule has 0 N–H and O–H groups in total. The Balaban J connectivity index is 1.83. The fourth-order valence-corrected chi connectivity index (χ4v) is 2.88. The predicted octanol–water partition coefficient (Wildman–Crippen LogP) is 2.52. The first-order chi connectivity index (χ1) is 12.9. The van der Waals surface area contributed by atoms with Crippen LogP contribution in [0.15, 0.2) is 42.6 Å². The molecule has 1 aromatic carbocycles. The van der Waals surface area contributed by atoms with Gasteiger partial charge >= 0.3 is 0 Å². The molecule has 2 aromatic heterocycles. The Morgan fingerprint density at radius 1 is 1.15 bits per heavy atom. The molecule has 7 heteroatoms. The van der Waals surface area contributed by atoms with Crippen LogP contribution in [-0.2, 0) is 13.6 Å². The smallest absolute Gasteiger partial charge is 0.253 e. The van der Waals surface area contributed by atoms with Crippen molar-refractivity contribution in [3.05, 3.63) is 59.4 Å². The van der Waals surface area contributed by atoms with E-state index >= 15 is 0 Å². The van der Waals surface area contributed by atoms with E-state index in [2.05, 4.69) is 15.1 Å². The molecule has 2 heterocycles. The summed E-state index contributed by atoms with van der Waals surface area (Å²) in [5, 5.41) is 4.46. The summed E-state index contributed by atoms with van der Waals surface area (Å²) in [4.78, 5) is 25.4. The molecule has 7 nitrogen and oxygen atoms in total. The van der Waals surface area contributed by atoms with Gasteiger partial charge in [-0.15, -0.1) is 5.10 Å². The average Bonchev–Trinajstić information content (AvgIpc) is 3.05. The van der Waals surface area contributed by atoms with Crippen molar-refractivity contribution >= 4 is 11.9 Å². The van der Waals surface area contributed by atoms with Gasteiger partial charge in [-0.1, -0.05) is 18.2 Å². The van der Waals surface area contributed by atoms with Crippen molar-refractivity contribution < 1.29 is 4.79 Å². The topological polar surface area (TPSA) is 67.2 Å². The molecule has 0 bridgehead atoms. The van der Waals surface area contributed by atoms with Crippen LogP contribution in [0.1, 0.15) is 21.6 Å². The summed E-state index contributed by atoms with van der Waals surface area (Å²) in [7, 11) is 7.47. The SMILES string of the molecule is Cc1cccnc1CN(C)C(=O)c1cccc(-c2nc(N(C)C)n(C)n2)c1. The van der Waals surface area contributed by atoms with E-state index in [9.17, 15) is 4.79 Å². The van der Waals surface area contributed by atoms with E-state index < -0.39 is 0 Å². The number of pyridine rings is 1. The van der Waals surface area contributed by atoms with Crippen molar-refractivity contribution in [2.75, 3.05) is 26.0 Å². The second-order valence-corrected chi connectivity index (χ2v) is 6.76. The molecule has 3 rings (SSSR count). The van der Waals surface area contributed by atoms with E-state index in [1.165, 1.54) is 0 Å². The maximum absolute atomic E-state index is 12.9. The van der Waals surface area contributed by atoms with Crippen molar-refractivity contribution in [1.29, 1.82) is 0 Å². The van der Waals surface area contributed by atoms with Gasteiger partial charge in [0, 0.05) is 45.5 Å². The summed E-state index contributed by atoms with van der Waals surface area (Å²) in [5.74, 6) is 1.29. The molecule has 3 aromatic rings. The number of hydrogen-bond donors (Lipinski definition) is 0. The number of carbonyl (C=O) groups is 1. The molecule has 1 amide bonds. The molecule has 27 heavy (non-hydrogen) atoms. The van der Waals surface area contributed by atoms with Gasteiger partial charge in [0.05, 0.1) is 12.2 Å². The van der Waals surface area contributed by atoms with Crippen LogP contribution in [-0.4, -0.2) is 51.7 Å². The van der Waals surface area contributed by atoms with Gasteiger partial charge in [0.1, 0.15) is 0 Å². The second-order valence-electron chi connectivity index (χ2n) is 6.76. The lowest BCUT2D eigenvalue weighted by atomic mass is 10.1. The van der Waals surface area contributed by atoms with Crippen molar-refractivity contribution in [3.8, 4) is 11.4 Å². The highest BCUT2D eigenvalue weighted by Gasteiger charge is 2.16. The zero-order chi connectivity index (χ0) is 19.6. The number of carbonyl (C=O) groups excluding carboxylic acids is 1. The highest BCUT2D eigenvalue weighted by atomic mass is 16.2. The fourth-order valence-electron chi connectivity index (χ4n) is 2.88. The van der Waals surface area contributed by atoms with Crippen LogP contribution in [0.5, 0.6) is 0 Å². The number of hydrogen-bond acceptors (Lipinski definition) is 5. The molecular weight excluding hydrogens is 340 g/mol. The van der Waals surface area contributed by atoms with Crippen molar-refractivity contribution in [3.63, 3.8) is 0 Å². The molecule has 0 spiro atoms. The summed E-state index contributed by atoms with van der Waals surface area (Å²) < 4.78 is 1.72. The van der Waals surface area contributed by atoms with Crippen LogP contribution >= 0.6 is 0 Å². The molecule has 0 aliphatic heterocycles. The third kappa shape index (κ3) is 3.97. The van der Waals surface area contributed by atoms with E-state index in [1.54, 1.807) is 22.8 Å². The highest BCUT2D eigenvalue weighted by molar-refractivity contribution is 5.95. The first-order valence-electron chi connectivity index (χ1n) is 8.71. The Labute approximate surface area is 159 Å². The lowest BCUT2D eigenvalue weighted by molar-refractivity contribution is 0.0783. The standard InChI is InChI=1S/C20H24N6O/c1-14-8-7-11-21-17(14)13-25(4)19(27)16-10-6-9-15(12-16)18-22-20(24(2)3)26(5)23-18/h6-12H,13H2,1-5H3. The third-order valence-corrected chi connectivity index (χ3v) is 4.36. The van der Waals surface area contributed by atoms with Gasteiger partial charge in [-0.25, -0.2) is 4.68 Å². The normalized spacial score (nSPS) is 10.7. The molecule has 0 aliphatic rings. The Kier molecular flexibility index (Phi) is 5.21. The molecule has 0 unspecified atom stereocenters. The minimum atomic E-state index is -0.0642. The van der Waals surface area contributed by atoms with Gasteiger partial charge in [-0.05, 0) is 30.7 Å². The largest absolute Gasteiger partial charge is 0.347 e. The Morgan fingerprint density at radius 3 is 2.59 bits per heavy atom. The lowest BCUT2D eigenvalue weighted by Gasteiger charge is -2.18. The first-order valence-corrected chi connectivity index (χ1v) is 8.71. The third-order valence-electron chi connectivity index (χ3n) is 4.36. The fraction of sp³-hybridized carbons (Fsp3) is 0.300. The molecule has 0 fully saturated rings. The van der Waals surface area contributed by atoms with Crippen LogP contribution < -0.4 is 4.90 Å². The summed E-state index contributed by atoms with van der Waals surface area (Å²) in [6, 6.07) is 11.3. The number of rotatable bonds is 5. The number of aryl methyl sites for hydroxylation is 2. The number of benzene rings is 1. The first kappa shape index (κ1) is 18.6. The van der Waals surface area contributed by atoms with Crippen LogP contribution in [0, 0.1) is 6.92 Å². The quantitative estimate of drug-likeness (QED) is 0.696. The minimum absolute atomic E-state index is 0.0642. The molecule has 0 atom stereocenters. The molecule has 0 saturated heterocycles. The summed E-state index contributed by atoms with van der Waals surface area (Å²) in [5.41, 5.74) is 3.38. The molecule has 0 aliphatic carbocycles. The summed E-state index contributed by atoms with van der Waals surface area (Å²) in [6.45, 7) is 2.46. The monoisotopic (exact) mass is 364 g/mol. The molecule has 0 radical (unpaired) electrons. The maximum Gasteiger partial charge on any atom is 0.253 e. The van der Waals surface area contributed by atoms with E-state index in [1.807, 2.05) is 69.4 Å². The Morgan fingerprint density at radius 2 is 1.93 bits per heavy atom. The minimum Gasteiger partial charge on any atom is -0.347 e. The van der Waals surface area contributed by atoms with E-state index in [4.69, 9.17) is 0 Å². The van der Waals surface area contributed by atoms with Gasteiger partial charge in [0.2, 0.25) is 5.95 Å². The maximum atomic E-state index is 12.9. The van der Waals surface area contributed by atoms with Crippen molar-refractivity contribution in [1.82, 2.24) is 24.6 Å². The lowest BCUT2D eigenvalue weighted by Crippen LogP contribution is -2.27. The predicted molar refractivity (Wildman–Crippen MR) is 106 cm³/mol.